The van der Waals surface area contributed by atoms with Crippen molar-refractivity contribution >= 4 is 17.9 Å². The summed E-state index contributed by atoms with van der Waals surface area (Å²) in [6, 6.07) is 4.76. The number of alkyl carbamates (subject to hydrolysis) is 1. The lowest BCUT2D eigenvalue weighted by Crippen LogP contribution is -2.44. The average Bonchev–Trinajstić information content (AvgIpc) is 2.68. The molecule has 1 aliphatic rings. The zero-order valence-corrected chi connectivity index (χ0v) is 17.8. The summed E-state index contributed by atoms with van der Waals surface area (Å²) >= 11 is 0. The smallest absolute Gasteiger partial charge is 0.417 e. The third kappa shape index (κ3) is 7.76. The van der Waals surface area contributed by atoms with Crippen molar-refractivity contribution in [2.75, 3.05) is 26.2 Å². The van der Waals surface area contributed by atoms with Crippen LogP contribution in [0.1, 0.15) is 49.5 Å². The summed E-state index contributed by atoms with van der Waals surface area (Å²) in [4.78, 5) is 37.4. The summed E-state index contributed by atoms with van der Waals surface area (Å²) < 4.78 is 44.5. The van der Waals surface area contributed by atoms with Crippen molar-refractivity contribution in [3.63, 3.8) is 0 Å². The minimum absolute atomic E-state index is 0.0902. The quantitative estimate of drug-likeness (QED) is 0.732. The Kier molecular flexibility index (Phi) is 7.91. The molecule has 2 N–H and O–H groups in total. The van der Waals surface area contributed by atoms with Gasteiger partial charge in [-0.2, -0.15) is 13.2 Å². The van der Waals surface area contributed by atoms with Crippen LogP contribution in [0.15, 0.2) is 24.3 Å². The van der Waals surface area contributed by atoms with E-state index in [1.165, 1.54) is 23.1 Å². The normalized spacial score (nSPS) is 15.4. The van der Waals surface area contributed by atoms with Crippen LogP contribution < -0.4 is 10.6 Å². The second-order valence-corrected chi connectivity index (χ2v) is 8.44. The fourth-order valence-corrected chi connectivity index (χ4v) is 3.21. The molecule has 0 aliphatic carbocycles. The fraction of sp³-hybridized carbons (Fsp3) is 0.571. The Balaban J connectivity index is 1.78. The molecule has 1 aromatic rings. The summed E-state index contributed by atoms with van der Waals surface area (Å²) in [5, 5.41) is 5.08. The number of halogens is 3. The number of hydrogen-bond donors (Lipinski definition) is 2. The Hall–Kier alpha value is -2.78. The highest BCUT2D eigenvalue weighted by Gasteiger charge is 2.36. The van der Waals surface area contributed by atoms with E-state index in [0.29, 0.717) is 32.5 Å². The highest BCUT2D eigenvalue weighted by atomic mass is 19.4. The zero-order valence-electron chi connectivity index (χ0n) is 17.8. The number of piperidine rings is 1. The number of alkyl halides is 3. The Labute approximate surface area is 179 Å². The first-order valence-corrected chi connectivity index (χ1v) is 10.1. The molecule has 1 aliphatic heterocycles. The Morgan fingerprint density at radius 3 is 2.26 bits per heavy atom. The van der Waals surface area contributed by atoms with Crippen molar-refractivity contribution in [2.45, 2.75) is 45.4 Å². The van der Waals surface area contributed by atoms with Gasteiger partial charge in [0.05, 0.1) is 17.7 Å². The van der Waals surface area contributed by atoms with E-state index in [1.807, 2.05) is 0 Å². The molecular formula is C21H28F3N3O4. The first-order valence-electron chi connectivity index (χ1n) is 10.1. The zero-order chi connectivity index (χ0) is 23.2. The number of amides is 3. The van der Waals surface area contributed by atoms with E-state index in [0.717, 1.165) is 6.07 Å². The molecule has 0 spiro atoms. The van der Waals surface area contributed by atoms with Crippen LogP contribution in [0.3, 0.4) is 0 Å². The van der Waals surface area contributed by atoms with Gasteiger partial charge in [-0.15, -0.1) is 0 Å². The number of nitrogens with one attached hydrogen (secondary N) is 2. The maximum Gasteiger partial charge on any atom is 0.417 e. The van der Waals surface area contributed by atoms with Crippen molar-refractivity contribution in [2.24, 2.45) is 5.92 Å². The molecule has 2 rings (SSSR count). The van der Waals surface area contributed by atoms with E-state index in [4.69, 9.17) is 4.74 Å². The maximum atomic E-state index is 13.2. The second-order valence-electron chi connectivity index (χ2n) is 8.44. The first kappa shape index (κ1) is 24.5. The molecule has 172 valence electrons. The minimum Gasteiger partial charge on any atom is -0.444 e. The molecule has 1 fully saturated rings. The average molecular weight is 443 g/mol. The predicted molar refractivity (Wildman–Crippen MR) is 107 cm³/mol. The van der Waals surface area contributed by atoms with Gasteiger partial charge in [0.2, 0.25) is 5.91 Å². The molecule has 31 heavy (non-hydrogen) atoms. The number of hydrogen-bond acceptors (Lipinski definition) is 4. The van der Waals surface area contributed by atoms with Gasteiger partial charge < -0.3 is 20.3 Å². The number of carbonyl (C=O) groups is 3. The molecule has 0 radical (unpaired) electrons. The van der Waals surface area contributed by atoms with Crippen LogP contribution in [0.2, 0.25) is 0 Å². The van der Waals surface area contributed by atoms with Gasteiger partial charge in [0.25, 0.3) is 5.91 Å². The molecule has 0 unspecified atom stereocenters. The van der Waals surface area contributed by atoms with Crippen LogP contribution in [0.5, 0.6) is 0 Å². The molecule has 10 heteroatoms. The standard InChI is InChI=1S/C21H28F3N3O4/c1-20(2,3)31-19(30)26-13-17(28)25-12-14-8-10-27(11-9-14)18(29)15-6-4-5-7-16(15)21(22,23)24/h4-7,14H,8-13H2,1-3H3,(H,25,28)(H,26,30). The molecule has 1 heterocycles. The van der Waals surface area contributed by atoms with Crippen LogP contribution in [-0.4, -0.2) is 54.6 Å². The second kappa shape index (κ2) is 10.0. The van der Waals surface area contributed by atoms with Crippen LogP contribution in [-0.2, 0) is 15.7 Å². The maximum absolute atomic E-state index is 13.2. The van der Waals surface area contributed by atoms with Gasteiger partial charge in [0, 0.05) is 19.6 Å². The highest BCUT2D eigenvalue weighted by Crippen LogP contribution is 2.33. The van der Waals surface area contributed by atoms with E-state index in [9.17, 15) is 27.6 Å². The van der Waals surface area contributed by atoms with Crippen molar-refractivity contribution in [1.29, 1.82) is 0 Å². The van der Waals surface area contributed by atoms with Gasteiger partial charge in [-0.1, -0.05) is 12.1 Å². The Bertz CT molecular complexity index is 798. The van der Waals surface area contributed by atoms with Gasteiger partial charge in [0.15, 0.2) is 0 Å². The first-order chi connectivity index (χ1) is 14.4. The topological polar surface area (TPSA) is 87.7 Å². The molecule has 1 aromatic carbocycles. The van der Waals surface area contributed by atoms with E-state index < -0.39 is 29.3 Å². The van der Waals surface area contributed by atoms with Gasteiger partial charge >= 0.3 is 12.3 Å². The molecular weight excluding hydrogens is 415 g/mol. The highest BCUT2D eigenvalue weighted by molar-refractivity contribution is 5.96. The summed E-state index contributed by atoms with van der Waals surface area (Å²) in [5.74, 6) is -0.923. The molecule has 3 amide bonds. The molecule has 0 bridgehead atoms. The number of ether oxygens (including phenoxy) is 1. The van der Waals surface area contributed by atoms with Crippen molar-refractivity contribution < 1.29 is 32.3 Å². The number of benzene rings is 1. The van der Waals surface area contributed by atoms with Gasteiger partial charge in [-0.05, 0) is 51.7 Å². The molecule has 7 nitrogen and oxygen atoms in total. The van der Waals surface area contributed by atoms with E-state index in [-0.39, 0.29) is 23.9 Å². The van der Waals surface area contributed by atoms with E-state index in [2.05, 4.69) is 10.6 Å². The van der Waals surface area contributed by atoms with Crippen LogP contribution >= 0.6 is 0 Å². The summed E-state index contributed by atoms with van der Waals surface area (Å²) in [5.41, 5.74) is -1.95. The Morgan fingerprint density at radius 1 is 1.06 bits per heavy atom. The van der Waals surface area contributed by atoms with Crippen LogP contribution in [0.4, 0.5) is 18.0 Å². The largest absolute Gasteiger partial charge is 0.444 e. The summed E-state index contributed by atoms with van der Waals surface area (Å²) in [7, 11) is 0. The van der Waals surface area contributed by atoms with Crippen molar-refractivity contribution in [1.82, 2.24) is 15.5 Å². The minimum atomic E-state index is -4.60. The van der Waals surface area contributed by atoms with Crippen LogP contribution in [0, 0.1) is 5.92 Å². The lowest BCUT2D eigenvalue weighted by molar-refractivity contribution is -0.138. The van der Waals surface area contributed by atoms with E-state index >= 15 is 0 Å². The summed E-state index contributed by atoms with van der Waals surface area (Å²) in [6.07, 6.45) is -4.17. The molecule has 1 saturated heterocycles. The van der Waals surface area contributed by atoms with Gasteiger partial charge in [-0.3, -0.25) is 9.59 Å². The van der Waals surface area contributed by atoms with Gasteiger partial charge in [-0.25, -0.2) is 4.79 Å². The predicted octanol–water partition coefficient (Wildman–Crippen LogP) is 3.20. The molecule has 0 aromatic heterocycles. The molecule has 0 saturated carbocycles. The van der Waals surface area contributed by atoms with E-state index in [1.54, 1.807) is 20.8 Å². The number of likely N-dealkylation sites (tertiary alicyclic amines) is 1. The number of nitrogens with zero attached hydrogens (tertiary/aromatic N) is 1. The lowest BCUT2D eigenvalue weighted by atomic mass is 9.95. The third-order valence-electron chi connectivity index (χ3n) is 4.74. The van der Waals surface area contributed by atoms with Crippen molar-refractivity contribution in [3.05, 3.63) is 35.4 Å². The monoisotopic (exact) mass is 443 g/mol. The molecule has 0 atom stereocenters. The third-order valence-corrected chi connectivity index (χ3v) is 4.74. The van der Waals surface area contributed by atoms with Crippen molar-refractivity contribution in [3.8, 4) is 0 Å². The lowest BCUT2D eigenvalue weighted by Gasteiger charge is -2.32. The van der Waals surface area contributed by atoms with Crippen LogP contribution in [0.25, 0.3) is 0 Å². The number of carbonyl (C=O) groups excluding carboxylic acids is 3. The number of rotatable bonds is 5. The fourth-order valence-electron chi connectivity index (χ4n) is 3.21. The Morgan fingerprint density at radius 2 is 1.68 bits per heavy atom. The van der Waals surface area contributed by atoms with Gasteiger partial charge in [0.1, 0.15) is 5.60 Å². The summed E-state index contributed by atoms with van der Waals surface area (Å²) in [6.45, 7) is 5.89. The SMILES string of the molecule is CC(C)(C)OC(=O)NCC(=O)NCC1CCN(C(=O)c2ccccc2C(F)(F)F)CC1.